The van der Waals surface area contributed by atoms with Gasteiger partial charge in [0.1, 0.15) is 5.69 Å². The fourth-order valence-corrected chi connectivity index (χ4v) is 2.35. The minimum absolute atomic E-state index is 0.219. The monoisotopic (exact) mass is 290 g/mol. The molecule has 2 N–H and O–H groups in total. The number of likely N-dealkylation sites (tertiary alicyclic amines) is 1. The Morgan fingerprint density at radius 3 is 2.76 bits per heavy atom. The van der Waals surface area contributed by atoms with Gasteiger partial charge in [0.2, 0.25) is 0 Å². The van der Waals surface area contributed by atoms with Crippen molar-refractivity contribution in [3.05, 3.63) is 35.7 Å². The van der Waals surface area contributed by atoms with Gasteiger partial charge in [-0.25, -0.2) is 4.79 Å². The van der Waals surface area contributed by atoms with Crippen molar-refractivity contribution in [2.75, 3.05) is 13.1 Å². The maximum atomic E-state index is 12.3. The highest BCUT2D eigenvalue weighted by molar-refractivity contribution is 5.92. The highest BCUT2D eigenvalue weighted by Gasteiger charge is 2.31. The van der Waals surface area contributed by atoms with Crippen LogP contribution in [0.4, 0.5) is 0 Å². The summed E-state index contributed by atoms with van der Waals surface area (Å²) < 4.78 is 0. The highest BCUT2D eigenvalue weighted by atomic mass is 16.4. The molecule has 0 aliphatic carbocycles. The first-order chi connectivity index (χ1) is 9.87. The molecule has 6 nitrogen and oxygen atoms in total. The summed E-state index contributed by atoms with van der Waals surface area (Å²) in [5, 5.41) is 18.6. The van der Waals surface area contributed by atoms with Gasteiger partial charge in [-0.3, -0.25) is 9.78 Å². The number of hydrogen-bond donors (Lipinski definition) is 2. The van der Waals surface area contributed by atoms with Crippen molar-refractivity contribution in [3.63, 3.8) is 0 Å². The summed E-state index contributed by atoms with van der Waals surface area (Å²) >= 11 is 0. The molecule has 112 valence electrons. The lowest BCUT2D eigenvalue weighted by atomic mass is 9.95. The van der Waals surface area contributed by atoms with E-state index in [0.717, 1.165) is 12.5 Å². The molecule has 0 spiro atoms. The number of pyridine rings is 1. The number of amides is 1. The van der Waals surface area contributed by atoms with Crippen LogP contribution in [0.5, 0.6) is 0 Å². The minimum atomic E-state index is -1.04. The van der Waals surface area contributed by atoms with Gasteiger partial charge in [0.15, 0.2) is 0 Å². The van der Waals surface area contributed by atoms with Gasteiger partial charge in [0, 0.05) is 25.4 Å². The number of carbonyl (C=O) groups is 2. The molecule has 1 aromatic rings. The molecule has 1 atom stereocenters. The van der Waals surface area contributed by atoms with E-state index in [1.807, 2.05) is 0 Å². The van der Waals surface area contributed by atoms with E-state index in [2.05, 4.69) is 4.98 Å². The van der Waals surface area contributed by atoms with Crippen LogP contribution in [0.1, 0.15) is 35.8 Å². The normalized spacial score (nSPS) is 22.5. The predicted molar refractivity (Wildman–Crippen MR) is 76.7 cm³/mol. The zero-order valence-corrected chi connectivity index (χ0v) is 11.8. The first kappa shape index (κ1) is 15.2. The lowest BCUT2D eigenvalue weighted by Gasteiger charge is -2.36. The minimum Gasteiger partial charge on any atom is -0.478 e. The van der Waals surface area contributed by atoms with Gasteiger partial charge < -0.3 is 15.1 Å². The Hall–Kier alpha value is -2.21. The quantitative estimate of drug-likeness (QED) is 0.815. The number of β-amino-alcohol motifs (C(OH)–C–C–N with tert-alkyl or cyclic N) is 1. The Morgan fingerprint density at radius 1 is 1.43 bits per heavy atom. The van der Waals surface area contributed by atoms with Gasteiger partial charge in [0.05, 0.1) is 5.60 Å². The molecular weight excluding hydrogens is 272 g/mol. The van der Waals surface area contributed by atoms with Crippen LogP contribution in [0.25, 0.3) is 6.08 Å². The molecule has 0 saturated carbocycles. The maximum absolute atomic E-state index is 12.3. The van der Waals surface area contributed by atoms with E-state index in [1.165, 1.54) is 12.3 Å². The van der Waals surface area contributed by atoms with E-state index in [0.29, 0.717) is 30.8 Å². The van der Waals surface area contributed by atoms with Crippen molar-refractivity contribution in [2.24, 2.45) is 0 Å². The largest absolute Gasteiger partial charge is 0.478 e. The van der Waals surface area contributed by atoms with Crippen molar-refractivity contribution in [1.29, 1.82) is 0 Å². The van der Waals surface area contributed by atoms with E-state index < -0.39 is 11.6 Å². The number of carboxylic acid groups (broad SMARTS) is 1. The first-order valence-corrected chi connectivity index (χ1v) is 6.76. The van der Waals surface area contributed by atoms with Crippen LogP contribution >= 0.6 is 0 Å². The maximum Gasteiger partial charge on any atom is 0.328 e. The van der Waals surface area contributed by atoms with Crippen LogP contribution in [0, 0.1) is 0 Å². The van der Waals surface area contributed by atoms with Gasteiger partial charge in [-0.1, -0.05) is 6.07 Å². The number of carboxylic acids is 1. The van der Waals surface area contributed by atoms with Gasteiger partial charge in [-0.15, -0.1) is 0 Å². The lowest BCUT2D eigenvalue weighted by Crippen LogP contribution is -2.48. The Bertz CT molecular complexity index is 564. The van der Waals surface area contributed by atoms with Crippen LogP contribution < -0.4 is 0 Å². The summed E-state index contributed by atoms with van der Waals surface area (Å²) in [4.78, 5) is 28.4. The van der Waals surface area contributed by atoms with Crippen molar-refractivity contribution >= 4 is 18.0 Å². The SMILES string of the molecule is CC1(O)CCCN(C(=O)c2ccc(/C=C/C(=O)O)cn2)C1. The van der Waals surface area contributed by atoms with Crippen molar-refractivity contribution < 1.29 is 19.8 Å². The van der Waals surface area contributed by atoms with Gasteiger partial charge >= 0.3 is 5.97 Å². The summed E-state index contributed by atoms with van der Waals surface area (Å²) in [7, 11) is 0. The molecule has 1 amide bonds. The summed E-state index contributed by atoms with van der Waals surface area (Å²) in [6.45, 7) is 2.63. The molecule has 1 fully saturated rings. The van der Waals surface area contributed by atoms with Gasteiger partial charge in [-0.2, -0.15) is 0 Å². The number of aliphatic carboxylic acids is 1. The standard InChI is InChI=1S/C15H18N2O4/c1-15(21)7-2-8-17(10-15)14(20)12-5-3-11(9-16-12)4-6-13(18)19/h3-6,9,21H,2,7-8,10H2,1H3,(H,18,19)/b6-4+. The number of aromatic nitrogens is 1. The van der Waals surface area contributed by atoms with E-state index in [4.69, 9.17) is 5.11 Å². The third kappa shape index (κ3) is 4.13. The number of aliphatic hydroxyl groups is 1. The third-order valence-electron chi connectivity index (χ3n) is 3.39. The summed E-state index contributed by atoms with van der Waals surface area (Å²) in [5.74, 6) is -1.26. The fourth-order valence-electron chi connectivity index (χ4n) is 2.35. The zero-order valence-electron chi connectivity index (χ0n) is 11.8. The van der Waals surface area contributed by atoms with E-state index in [9.17, 15) is 14.7 Å². The smallest absolute Gasteiger partial charge is 0.328 e. The molecule has 1 saturated heterocycles. The number of nitrogens with zero attached hydrogens (tertiary/aromatic N) is 2. The zero-order chi connectivity index (χ0) is 15.5. The Morgan fingerprint density at radius 2 is 2.19 bits per heavy atom. The molecule has 1 aliphatic rings. The molecule has 1 aromatic heterocycles. The summed E-state index contributed by atoms with van der Waals surface area (Å²) in [6.07, 6.45) is 5.33. The van der Waals surface area contributed by atoms with E-state index >= 15 is 0 Å². The average molecular weight is 290 g/mol. The number of hydrogen-bond acceptors (Lipinski definition) is 4. The van der Waals surface area contributed by atoms with Gasteiger partial charge in [0.25, 0.3) is 5.91 Å². The molecule has 0 aromatic carbocycles. The molecule has 2 rings (SSSR count). The van der Waals surface area contributed by atoms with Crippen molar-refractivity contribution in [2.45, 2.75) is 25.4 Å². The molecule has 21 heavy (non-hydrogen) atoms. The molecular formula is C15H18N2O4. The van der Waals surface area contributed by atoms with Crippen molar-refractivity contribution in [3.8, 4) is 0 Å². The molecule has 1 aliphatic heterocycles. The van der Waals surface area contributed by atoms with Crippen LogP contribution in [0.2, 0.25) is 0 Å². The molecule has 1 unspecified atom stereocenters. The second-order valence-corrected chi connectivity index (χ2v) is 5.48. The molecule has 6 heteroatoms. The molecule has 0 radical (unpaired) electrons. The third-order valence-corrected chi connectivity index (χ3v) is 3.39. The van der Waals surface area contributed by atoms with E-state index in [1.54, 1.807) is 24.0 Å². The predicted octanol–water partition coefficient (Wildman–Crippen LogP) is 1.17. The first-order valence-electron chi connectivity index (χ1n) is 6.76. The van der Waals surface area contributed by atoms with Crippen LogP contribution in [0.3, 0.4) is 0 Å². The molecule has 2 heterocycles. The summed E-state index contributed by atoms with van der Waals surface area (Å²) in [6, 6.07) is 3.20. The van der Waals surface area contributed by atoms with Crippen LogP contribution in [0.15, 0.2) is 24.4 Å². The van der Waals surface area contributed by atoms with Crippen LogP contribution in [-0.4, -0.2) is 50.7 Å². The highest BCUT2D eigenvalue weighted by Crippen LogP contribution is 2.21. The number of carbonyl (C=O) groups excluding carboxylic acids is 1. The Kier molecular flexibility index (Phi) is 4.37. The Balaban J connectivity index is 2.08. The second-order valence-electron chi connectivity index (χ2n) is 5.48. The average Bonchev–Trinajstić information content (AvgIpc) is 2.44. The summed E-state index contributed by atoms with van der Waals surface area (Å²) in [5.41, 5.74) is 0.0534. The Labute approximate surface area is 122 Å². The second kappa shape index (κ2) is 6.05. The van der Waals surface area contributed by atoms with Gasteiger partial charge in [-0.05, 0) is 37.5 Å². The number of rotatable bonds is 3. The van der Waals surface area contributed by atoms with Crippen LogP contribution in [-0.2, 0) is 4.79 Å². The fraction of sp³-hybridized carbons (Fsp3) is 0.400. The molecule has 0 bridgehead atoms. The topological polar surface area (TPSA) is 90.7 Å². The van der Waals surface area contributed by atoms with E-state index in [-0.39, 0.29) is 5.91 Å². The number of piperidine rings is 1. The van der Waals surface area contributed by atoms with Crippen molar-refractivity contribution in [1.82, 2.24) is 9.88 Å². The lowest BCUT2D eigenvalue weighted by molar-refractivity contribution is -0.131.